The quantitative estimate of drug-likeness (QED) is 0.627. The normalized spacial score (nSPS) is 24.3. The van der Waals surface area contributed by atoms with E-state index in [1.54, 1.807) is 7.11 Å². The van der Waals surface area contributed by atoms with Crippen LogP contribution in [-0.4, -0.2) is 52.2 Å². The number of nitrogens with one attached hydrogen (secondary N) is 1. The van der Waals surface area contributed by atoms with Crippen LogP contribution in [0.2, 0.25) is 0 Å². The molecule has 1 fully saturated rings. The number of hydrogen-bond donors (Lipinski definition) is 1. The minimum absolute atomic E-state index is 0.359. The van der Waals surface area contributed by atoms with Crippen molar-refractivity contribution in [3.05, 3.63) is 0 Å². The van der Waals surface area contributed by atoms with Crippen molar-refractivity contribution in [2.45, 2.75) is 64.0 Å². The molecule has 0 heterocycles. The summed E-state index contributed by atoms with van der Waals surface area (Å²) in [5.41, 5.74) is 0. The van der Waals surface area contributed by atoms with Crippen LogP contribution in [0.25, 0.3) is 0 Å². The Kier molecular flexibility index (Phi) is 11.2. The van der Waals surface area contributed by atoms with Crippen LogP contribution in [0.5, 0.6) is 0 Å². The van der Waals surface area contributed by atoms with Gasteiger partial charge in [0.1, 0.15) is 0 Å². The smallest absolute Gasteiger partial charge is 0.0729 e. The highest BCUT2D eigenvalue weighted by Crippen LogP contribution is 2.20. The van der Waals surface area contributed by atoms with Crippen molar-refractivity contribution in [3.63, 3.8) is 0 Å². The topological polar surface area (TPSA) is 39.7 Å². The van der Waals surface area contributed by atoms with Gasteiger partial charge in [0.2, 0.25) is 0 Å². The molecule has 0 bridgehead atoms. The van der Waals surface area contributed by atoms with E-state index in [1.165, 1.54) is 38.5 Å². The minimum atomic E-state index is 0.359. The van der Waals surface area contributed by atoms with E-state index in [0.29, 0.717) is 25.4 Å². The van der Waals surface area contributed by atoms with E-state index in [0.717, 1.165) is 26.2 Å². The Morgan fingerprint density at radius 2 is 1.75 bits per heavy atom. The summed E-state index contributed by atoms with van der Waals surface area (Å²) >= 11 is 0. The van der Waals surface area contributed by atoms with Crippen molar-refractivity contribution in [1.82, 2.24) is 5.32 Å². The Morgan fingerprint density at radius 1 is 0.950 bits per heavy atom. The first-order valence-corrected chi connectivity index (χ1v) is 8.30. The molecular weight excluding hydrogens is 254 g/mol. The van der Waals surface area contributed by atoms with E-state index in [-0.39, 0.29) is 0 Å². The first-order valence-electron chi connectivity index (χ1n) is 8.30. The van der Waals surface area contributed by atoms with Crippen LogP contribution < -0.4 is 5.32 Å². The Morgan fingerprint density at radius 3 is 2.50 bits per heavy atom. The van der Waals surface area contributed by atoms with Crippen molar-refractivity contribution < 1.29 is 14.2 Å². The summed E-state index contributed by atoms with van der Waals surface area (Å²) in [6.07, 6.45) is 9.09. The van der Waals surface area contributed by atoms with Crippen LogP contribution in [0.1, 0.15) is 51.9 Å². The molecule has 0 aromatic carbocycles. The van der Waals surface area contributed by atoms with E-state index in [4.69, 9.17) is 14.2 Å². The molecule has 4 heteroatoms. The number of ether oxygens (including phenoxy) is 3. The fourth-order valence-corrected chi connectivity index (χ4v) is 2.81. The van der Waals surface area contributed by atoms with Gasteiger partial charge in [-0.3, -0.25) is 0 Å². The highest BCUT2D eigenvalue weighted by molar-refractivity contribution is 4.79. The third-order valence-electron chi connectivity index (χ3n) is 3.87. The van der Waals surface area contributed by atoms with E-state index >= 15 is 0 Å². The Hall–Kier alpha value is -0.160. The van der Waals surface area contributed by atoms with Gasteiger partial charge in [-0.25, -0.2) is 0 Å². The molecular formula is C16H33NO3. The number of methoxy groups -OCH3 is 1. The van der Waals surface area contributed by atoms with Crippen molar-refractivity contribution in [2.24, 2.45) is 0 Å². The highest BCUT2D eigenvalue weighted by atomic mass is 16.5. The van der Waals surface area contributed by atoms with Crippen molar-refractivity contribution in [2.75, 3.05) is 40.1 Å². The third kappa shape index (κ3) is 8.20. The summed E-state index contributed by atoms with van der Waals surface area (Å²) in [7, 11) is 1.72. The lowest BCUT2D eigenvalue weighted by Crippen LogP contribution is -2.42. The van der Waals surface area contributed by atoms with Gasteiger partial charge in [0, 0.05) is 26.4 Å². The number of hydrogen-bond acceptors (Lipinski definition) is 4. The maximum atomic E-state index is 6.07. The molecule has 0 spiro atoms. The second-order valence-corrected chi connectivity index (χ2v) is 5.52. The van der Waals surface area contributed by atoms with Crippen LogP contribution in [0.4, 0.5) is 0 Å². The largest absolute Gasteiger partial charge is 0.385 e. The Balaban J connectivity index is 2.15. The summed E-state index contributed by atoms with van der Waals surface area (Å²) in [5.74, 6) is 0. The van der Waals surface area contributed by atoms with Gasteiger partial charge >= 0.3 is 0 Å². The SMILES string of the molecule is CCNC1CCCCCCC1OCCOCCCOC. The van der Waals surface area contributed by atoms with Gasteiger partial charge in [-0.2, -0.15) is 0 Å². The maximum Gasteiger partial charge on any atom is 0.0729 e. The fourth-order valence-electron chi connectivity index (χ4n) is 2.81. The minimum Gasteiger partial charge on any atom is -0.385 e. The molecule has 2 atom stereocenters. The molecule has 0 aromatic rings. The van der Waals surface area contributed by atoms with Crippen LogP contribution in [0.3, 0.4) is 0 Å². The molecule has 20 heavy (non-hydrogen) atoms. The van der Waals surface area contributed by atoms with Crippen molar-refractivity contribution in [3.8, 4) is 0 Å². The van der Waals surface area contributed by atoms with Crippen LogP contribution in [-0.2, 0) is 14.2 Å². The predicted molar refractivity (Wildman–Crippen MR) is 82.2 cm³/mol. The summed E-state index contributed by atoms with van der Waals surface area (Å²) in [6, 6.07) is 0.522. The fraction of sp³-hybridized carbons (Fsp3) is 1.00. The zero-order valence-corrected chi connectivity index (χ0v) is 13.4. The molecule has 0 aromatic heterocycles. The molecule has 1 aliphatic carbocycles. The van der Waals surface area contributed by atoms with Gasteiger partial charge in [-0.1, -0.05) is 32.6 Å². The van der Waals surface area contributed by atoms with E-state index < -0.39 is 0 Å². The zero-order chi connectivity index (χ0) is 14.5. The summed E-state index contributed by atoms with van der Waals surface area (Å²) in [4.78, 5) is 0. The number of rotatable bonds is 10. The second kappa shape index (κ2) is 12.6. The highest BCUT2D eigenvalue weighted by Gasteiger charge is 2.22. The first-order chi connectivity index (χ1) is 9.88. The predicted octanol–water partition coefficient (Wildman–Crippen LogP) is 2.76. The van der Waals surface area contributed by atoms with Gasteiger partial charge in [0.25, 0.3) is 0 Å². The maximum absolute atomic E-state index is 6.07. The molecule has 0 saturated heterocycles. The van der Waals surface area contributed by atoms with Gasteiger partial charge in [0.05, 0.1) is 19.3 Å². The summed E-state index contributed by atoms with van der Waals surface area (Å²) in [6.45, 7) is 6.13. The van der Waals surface area contributed by atoms with Gasteiger partial charge < -0.3 is 19.5 Å². The van der Waals surface area contributed by atoms with Gasteiger partial charge in [-0.15, -0.1) is 0 Å². The lowest BCUT2D eigenvalue weighted by Gasteiger charge is -2.30. The summed E-state index contributed by atoms with van der Waals surface area (Å²) in [5, 5.41) is 3.59. The third-order valence-corrected chi connectivity index (χ3v) is 3.87. The van der Waals surface area contributed by atoms with Gasteiger partial charge in [0.15, 0.2) is 0 Å². The molecule has 120 valence electrons. The van der Waals surface area contributed by atoms with E-state index in [2.05, 4.69) is 12.2 Å². The molecule has 1 N–H and O–H groups in total. The van der Waals surface area contributed by atoms with E-state index in [1.807, 2.05) is 0 Å². The Labute approximate surface area is 124 Å². The molecule has 1 saturated carbocycles. The lowest BCUT2D eigenvalue weighted by atomic mass is 9.94. The number of likely N-dealkylation sites (N-methyl/N-ethyl adjacent to an activating group) is 1. The van der Waals surface area contributed by atoms with Crippen LogP contribution in [0.15, 0.2) is 0 Å². The molecule has 0 radical (unpaired) electrons. The van der Waals surface area contributed by atoms with Crippen LogP contribution in [0, 0.1) is 0 Å². The van der Waals surface area contributed by atoms with Gasteiger partial charge in [-0.05, 0) is 25.8 Å². The second-order valence-electron chi connectivity index (χ2n) is 5.52. The molecule has 0 amide bonds. The van der Waals surface area contributed by atoms with E-state index in [9.17, 15) is 0 Å². The summed E-state index contributed by atoms with van der Waals surface area (Å²) < 4.78 is 16.6. The van der Waals surface area contributed by atoms with Crippen molar-refractivity contribution in [1.29, 1.82) is 0 Å². The Bertz CT molecular complexity index is 214. The first kappa shape index (κ1) is 17.9. The molecule has 2 unspecified atom stereocenters. The standard InChI is InChI=1S/C16H33NO3/c1-3-17-15-9-6-4-5-7-10-16(15)20-14-13-19-12-8-11-18-2/h15-17H,3-14H2,1-2H3. The molecule has 1 aliphatic rings. The monoisotopic (exact) mass is 287 g/mol. The molecule has 4 nitrogen and oxygen atoms in total. The zero-order valence-electron chi connectivity index (χ0n) is 13.4. The average molecular weight is 287 g/mol. The van der Waals surface area contributed by atoms with Crippen molar-refractivity contribution >= 4 is 0 Å². The average Bonchev–Trinajstić information content (AvgIpc) is 2.43. The molecule has 0 aliphatic heterocycles. The van der Waals surface area contributed by atoms with Crippen LogP contribution >= 0.6 is 0 Å². The molecule has 1 rings (SSSR count). The lowest BCUT2D eigenvalue weighted by molar-refractivity contribution is -0.0215.